The van der Waals surface area contributed by atoms with Crippen LogP contribution in [0.2, 0.25) is 0 Å². The van der Waals surface area contributed by atoms with Gasteiger partial charge in [-0.25, -0.2) is 0 Å². The Morgan fingerprint density at radius 1 is 0.778 bits per heavy atom. The molecule has 0 bridgehead atoms. The molecule has 0 aliphatic rings. The van der Waals surface area contributed by atoms with E-state index < -0.39 is 11.4 Å². The van der Waals surface area contributed by atoms with Crippen molar-refractivity contribution in [3.63, 3.8) is 0 Å². The molecule has 0 unspecified atom stereocenters. The molecule has 0 aromatic heterocycles. The highest BCUT2D eigenvalue weighted by atomic mass is 32.1. The standard InChI is InChI=1S/C23H21NO2S/c25-22(26)17-24-21(27)16-23(18-10-4-1-5-11-18,19-12-6-2-7-13-19)20-14-8-3-9-15-20/h1-15H,16-17H2,(H,24,27)(H,25,26). The van der Waals surface area contributed by atoms with Gasteiger partial charge in [-0.1, -0.05) is 103 Å². The second kappa shape index (κ2) is 8.60. The number of nitrogens with one attached hydrogen (secondary N) is 1. The van der Waals surface area contributed by atoms with Crippen molar-refractivity contribution in [3.8, 4) is 0 Å². The quantitative estimate of drug-likeness (QED) is 0.474. The minimum absolute atomic E-state index is 0.187. The van der Waals surface area contributed by atoms with Gasteiger partial charge < -0.3 is 10.4 Å². The maximum absolute atomic E-state index is 11.0. The van der Waals surface area contributed by atoms with Crippen molar-refractivity contribution in [1.29, 1.82) is 0 Å². The molecule has 27 heavy (non-hydrogen) atoms. The highest BCUT2D eigenvalue weighted by Gasteiger charge is 2.37. The number of hydrogen-bond donors (Lipinski definition) is 2. The van der Waals surface area contributed by atoms with Crippen LogP contribution in [0, 0.1) is 0 Å². The lowest BCUT2D eigenvalue weighted by Gasteiger charge is -2.36. The maximum atomic E-state index is 11.0. The molecule has 2 N–H and O–H groups in total. The van der Waals surface area contributed by atoms with Gasteiger partial charge in [-0.15, -0.1) is 0 Å². The Bertz CT molecular complexity index is 799. The summed E-state index contributed by atoms with van der Waals surface area (Å²) < 4.78 is 0. The lowest BCUT2D eigenvalue weighted by atomic mass is 9.67. The van der Waals surface area contributed by atoms with Gasteiger partial charge in [0.1, 0.15) is 6.54 Å². The first-order chi connectivity index (χ1) is 13.1. The van der Waals surface area contributed by atoms with Gasteiger partial charge in [0, 0.05) is 6.42 Å². The van der Waals surface area contributed by atoms with Crippen molar-refractivity contribution in [1.82, 2.24) is 5.32 Å². The van der Waals surface area contributed by atoms with E-state index in [1.807, 2.05) is 54.6 Å². The number of hydrogen-bond acceptors (Lipinski definition) is 2. The molecule has 0 fully saturated rings. The SMILES string of the molecule is O=C(O)CNC(=S)CC(c1ccccc1)(c1ccccc1)c1ccccc1. The van der Waals surface area contributed by atoms with Crippen LogP contribution in [0.15, 0.2) is 91.0 Å². The molecule has 0 aliphatic heterocycles. The van der Waals surface area contributed by atoms with Gasteiger partial charge in [0.2, 0.25) is 0 Å². The first-order valence-corrected chi connectivity index (χ1v) is 9.19. The fourth-order valence-corrected chi connectivity index (χ4v) is 3.74. The summed E-state index contributed by atoms with van der Waals surface area (Å²) in [6.45, 7) is -0.187. The number of aliphatic carboxylic acids is 1. The molecule has 4 heteroatoms. The zero-order chi connectivity index (χ0) is 19.1. The number of carbonyl (C=O) groups is 1. The molecule has 0 saturated carbocycles. The fourth-order valence-electron chi connectivity index (χ4n) is 3.45. The highest BCUT2D eigenvalue weighted by molar-refractivity contribution is 7.80. The molecule has 0 heterocycles. The molecule has 0 atom stereocenters. The zero-order valence-corrected chi connectivity index (χ0v) is 15.7. The van der Waals surface area contributed by atoms with Crippen LogP contribution >= 0.6 is 12.2 Å². The van der Waals surface area contributed by atoms with Gasteiger partial charge in [-0.05, 0) is 16.7 Å². The van der Waals surface area contributed by atoms with Gasteiger partial charge in [-0.3, -0.25) is 4.79 Å². The highest BCUT2D eigenvalue weighted by Crippen LogP contribution is 2.42. The van der Waals surface area contributed by atoms with Crippen molar-refractivity contribution < 1.29 is 9.90 Å². The van der Waals surface area contributed by atoms with E-state index in [1.54, 1.807) is 0 Å². The van der Waals surface area contributed by atoms with E-state index in [1.165, 1.54) is 0 Å². The van der Waals surface area contributed by atoms with Crippen LogP contribution in [0.4, 0.5) is 0 Å². The number of carboxylic acids is 1. The molecule has 0 aliphatic carbocycles. The molecule has 3 rings (SSSR count). The summed E-state index contributed by atoms with van der Waals surface area (Å²) in [6.07, 6.45) is 0.480. The normalized spacial score (nSPS) is 11.0. The second-order valence-electron chi connectivity index (χ2n) is 6.35. The minimum atomic E-state index is -0.929. The Morgan fingerprint density at radius 2 is 1.15 bits per heavy atom. The van der Waals surface area contributed by atoms with E-state index in [-0.39, 0.29) is 6.54 Å². The van der Waals surface area contributed by atoms with Gasteiger partial charge >= 0.3 is 5.97 Å². The lowest BCUT2D eigenvalue weighted by Crippen LogP contribution is -2.37. The second-order valence-corrected chi connectivity index (χ2v) is 6.84. The number of carboxylic acid groups (broad SMARTS) is 1. The lowest BCUT2D eigenvalue weighted by molar-refractivity contribution is -0.135. The van der Waals surface area contributed by atoms with Crippen molar-refractivity contribution in [2.45, 2.75) is 11.8 Å². The van der Waals surface area contributed by atoms with Crippen molar-refractivity contribution in [3.05, 3.63) is 108 Å². The Morgan fingerprint density at radius 3 is 1.48 bits per heavy atom. The largest absolute Gasteiger partial charge is 0.480 e. The van der Waals surface area contributed by atoms with Crippen LogP contribution in [0.3, 0.4) is 0 Å². The van der Waals surface area contributed by atoms with E-state index in [0.717, 1.165) is 16.7 Å². The van der Waals surface area contributed by atoms with Crippen molar-refractivity contribution >= 4 is 23.2 Å². The smallest absolute Gasteiger partial charge is 0.322 e. The molecular weight excluding hydrogens is 354 g/mol. The minimum Gasteiger partial charge on any atom is -0.480 e. The number of thiocarbonyl (C=S) groups is 1. The summed E-state index contributed by atoms with van der Waals surface area (Å²) in [5.74, 6) is -0.929. The third kappa shape index (κ3) is 4.23. The summed E-state index contributed by atoms with van der Waals surface area (Å²) in [5.41, 5.74) is 2.83. The summed E-state index contributed by atoms with van der Waals surface area (Å²) in [6, 6.07) is 30.7. The first-order valence-electron chi connectivity index (χ1n) is 8.78. The summed E-state index contributed by atoms with van der Waals surface area (Å²) in [7, 11) is 0. The van der Waals surface area contributed by atoms with Crippen molar-refractivity contribution in [2.24, 2.45) is 0 Å². The van der Waals surface area contributed by atoms with Gasteiger partial charge in [0.15, 0.2) is 0 Å². The molecule has 3 nitrogen and oxygen atoms in total. The van der Waals surface area contributed by atoms with E-state index >= 15 is 0 Å². The molecule has 0 radical (unpaired) electrons. The number of benzene rings is 3. The molecule has 0 spiro atoms. The van der Waals surface area contributed by atoms with Crippen molar-refractivity contribution in [2.75, 3.05) is 6.54 Å². The molecule has 0 amide bonds. The molecule has 3 aromatic rings. The predicted octanol–water partition coefficient (Wildman–Crippen LogP) is 4.41. The van der Waals surface area contributed by atoms with Crippen LogP contribution in [0.5, 0.6) is 0 Å². The summed E-state index contributed by atoms with van der Waals surface area (Å²) in [4.78, 5) is 11.5. The average Bonchev–Trinajstić information content (AvgIpc) is 2.72. The average molecular weight is 375 g/mol. The predicted molar refractivity (Wildman–Crippen MR) is 112 cm³/mol. The van der Waals surface area contributed by atoms with Gasteiger partial charge in [0.05, 0.1) is 10.4 Å². The van der Waals surface area contributed by atoms with Gasteiger partial charge in [-0.2, -0.15) is 0 Å². The maximum Gasteiger partial charge on any atom is 0.322 e. The van der Waals surface area contributed by atoms with Crippen LogP contribution in [-0.4, -0.2) is 22.6 Å². The van der Waals surface area contributed by atoms with E-state index in [4.69, 9.17) is 17.3 Å². The van der Waals surface area contributed by atoms with E-state index in [0.29, 0.717) is 11.4 Å². The Kier molecular flexibility index (Phi) is 5.99. The van der Waals surface area contributed by atoms with Crippen LogP contribution in [0.1, 0.15) is 23.1 Å². The summed E-state index contributed by atoms with van der Waals surface area (Å²) in [5, 5.41) is 11.9. The monoisotopic (exact) mass is 375 g/mol. The third-order valence-electron chi connectivity index (χ3n) is 4.66. The van der Waals surface area contributed by atoms with Crippen LogP contribution in [0.25, 0.3) is 0 Å². The van der Waals surface area contributed by atoms with E-state index in [9.17, 15) is 4.79 Å². The fraction of sp³-hybridized carbons (Fsp3) is 0.130. The van der Waals surface area contributed by atoms with Crippen LogP contribution in [-0.2, 0) is 10.2 Å². The molecule has 0 saturated heterocycles. The zero-order valence-electron chi connectivity index (χ0n) is 14.8. The van der Waals surface area contributed by atoms with Crippen LogP contribution < -0.4 is 5.32 Å². The summed E-state index contributed by atoms with van der Waals surface area (Å²) >= 11 is 5.55. The molecular formula is C23H21NO2S. The first kappa shape index (κ1) is 18.8. The molecule has 3 aromatic carbocycles. The third-order valence-corrected chi connectivity index (χ3v) is 4.95. The topological polar surface area (TPSA) is 49.3 Å². The molecule has 136 valence electrons. The Balaban J connectivity index is 2.17. The van der Waals surface area contributed by atoms with E-state index in [2.05, 4.69) is 41.7 Å². The number of rotatable bonds is 7. The van der Waals surface area contributed by atoms with Gasteiger partial charge in [0.25, 0.3) is 0 Å². The Labute approximate surface area is 164 Å². The Hall–Kier alpha value is -2.98.